The number of hydrogen-bond donors (Lipinski definition) is 1. The average molecular weight is 248 g/mol. The lowest BCUT2D eigenvalue weighted by Gasteiger charge is -2.04. The molecule has 0 amide bonds. The minimum atomic E-state index is 0.650. The summed E-state index contributed by atoms with van der Waals surface area (Å²) in [7, 11) is 0. The Morgan fingerprint density at radius 2 is 2.33 bits per heavy atom. The van der Waals surface area contributed by atoms with Crippen molar-refractivity contribution in [3.63, 3.8) is 0 Å². The first-order valence-electron chi connectivity index (χ1n) is 3.53. The number of hydrogen-bond acceptors (Lipinski definition) is 3. The van der Waals surface area contributed by atoms with Crippen LogP contribution in [0.1, 0.15) is 0 Å². The molecule has 2 N–H and O–H groups in total. The second-order valence-electron chi connectivity index (χ2n) is 2.18. The smallest absolute Gasteiger partial charge is 0.120 e. The van der Waals surface area contributed by atoms with Crippen LogP contribution >= 0.6 is 27.9 Å². The Bertz CT molecular complexity index is 244. The predicted molar refractivity (Wildman–Crippen MR) is 56.3 cm³/mol. The van der Waals surface area contributed by atoms with E-state index in [1.54, 1.807) is 0 Å². The first kappa shape index (κ1) is 9.89. The second kappa shape index (κ2) is 5.45. The molecule has 0 fully saturated rings. The molecule has 0 spiro atoms. The summed E-state index contributed by atoms with van der Waals surface area (Å²) in [6, 6.07) is 7.76. The molecule has 0 aromatic heterocycles. The number of ether oxygens (including phenoxy) is 1. The lowest BCUT2D eigenvalue weighted by molar-refractivity contribution is 0.344. The Morgan fingerprint density at radius 1 is 1.50 bits per heavy atom. The minimum absolute atomic E-state index is 0.650. The minimum Gasteiger partial charge on any atom is -0.493 e. The third kappa shape index (κ3) is 3.47. The van der Waals surface area contributed by atoms with Gasteiger partial charge in [0.2, 0.25) is 0 Å². The van der Waals surface area contributed by atoms with Gasteiger partial charge >= 0.3 is 0 Å². The van der Waals surface area contributed by atoms with Crippen molar-refractivity contribution in [1.82, 2.24) is 0 Å². The summed E-state index contributed by atoms with van der Waals surface area (Å²) in [6.07, 6.45) is 0. The topological polar surface area (TPSA) is 35.2 Å². The van der Waals surface area contributed by atoms with E-state index in [1.807, 2.05) is 24.3 Å². The molecule has 0 radical (unpaired) electrons. The fraction of sp³-hybridized carbons (Fsp3) is 0.250. The van der Waals surface area contributed by atoms with Gasteiger partial charge in [-0.15, -0.1) is 0 Å². The average Bonchev–Trinajstić information content (AvgIpc) is 2.05. The van der Waals surface area contributed by atoms with Crippen LogP contribution in [-0.2, 0) is 0 Å². The maximum atomic E-state index is 5.40. The molecule has 0 bridgehead atoms. The van der Waals surface area contributed by atoms with Gasteiger partial charge in [-0.1, -0.05) is 33.9 Å². The van der Waals surface area contributed by atoms with Gasteiger partial charge in [0.15, 0.2) is 0 Å². The van der Waals surface area contributed by atoms with Crippen LogP contribution in [0.25, 0.3) is 0 Å². The van der Waals surface area contributed by atoms with Crippen molar-refractivity contribution in [2.75, 3.05) is 12.4 Å². The lowest BCUT2D eigenvalue weighted by Crippen LogP contribution is -2.01. The van der Waals surface area contributed by atoms with Crippen molar-refractivity contribution < 1.29 is 4.74 Å². The fourth-order valence-electron chi connectivity index (χ4n) is 0.764. The van der Waals surface area contributed by atoms with Crippen LogP contribution in [0.5, 0.6) is 5.75 Å². The van der Waals surface area contributed by atoms with E-state index in [2.05, 4.69) is 15.9 Å². The van der Waals surface area contributed by atoms with Crippen molar-refractivity contribution in [2.45, 2.75) is 0 Å². The first-order valence-corrected chi connectivity index (χ1v) is 5.37. The van der Waals surface area contributed by atoms with Crippen molar-refractivity contribution in [3.8, 4) is 5.75 Å². The standard InChI is InChI=1S/C8H10BrNOS/c9-7-2-1-3-8(6-7)11-4-5-12-10/h1-3,6H,4-5,10H2. The summed E-state index contributed by atoms with van der Waals surface area (Å²) in [5.74, 6) is 1.69. The number of rotatable bonds is 4. The molecule has 0 atom stereocenters. The van der Waals surface area contributed by atoms with E-state index in [-0.39, 0.29) is 0 Å². The molecule has 66 valence electrons. The Hall–Kier alpha value is -0.190. The van der Waals surface area contributed by atoms with Gasteiger partial charge in [-0.3, -0.25) is 5.14 Å². The maximum absolute atomic E-state index is 5.40. The molecule has 4 heteroatoms. The highest BCUT2D eigenvalue weighted by molar-refractivity contribution is 9.10. The van der Waals surface area contributed by atoms with E-state index < -0.39 is 0 Å². The van der Waals surface area contributed by atoms with Gasteiger partial charge < -0.3 is 4.74 Å². The van der Waals surface area contributed by atoms with E-state index in [4.69, 9.17) is 9.88 Å². The van der Waals surface area contributed by atoms with E-state index in [1.165, 1.54) is 11.9 Å². The highest BCUT2D eigenvalue weighted by Crippen LogP contribution is 2.17. The Labute approximate surface area is 84.7 Å². The Balaban J connectivity index is 2.41. The van der Waals surface area contributed by atoms with Gasteiger partial charge in [0.1, 0.15) is 5.75 Å². The zero-order chi connectivity index (χ0) is 8.81. The summed E-state index contributed by atoms with van der Waals surface area (Å²) in [4.78, 5) is 0. The summed E-state index contributed by atoms with van der Waals surface area (Å²) >= 11 is 4.65. The van der Waals surface area contributed by atoms with Crippen LogP contribution in [0, 0.1) is 0 Å². The number of halogens is 1. The van der Waals surface area contributed by atoms with Crippen LogP contribution in [0.3, 0.4) is 0 Å². The van der Waals surface area contributed by atoms with E-state index >= 15 is 0 Å². The molecule has 12 heavy (non-hydrogen) atoms. The van der Waals surface area contributed by atoms with Gasteiger partial charge in [-0.25, -0.2) is 0 Å². The second-order valence-corrected chi connectivity index (χ2v) is 3.83. The lowest BCUT2D eigenvalue weighted by atomic mass is 10.3. The van der Waals surface area contributed by atoms with Gasteiger partial charge in [-0.2, -0.15) is 0 Å². The van der Waals surface area contributed by atoms with Crippen molar-refractivity contribution in [1.29, 1.82) is 0 Å². The van der Waals surface area contributed by atoms with Gasteiger partial charge in [0, 0.05) is 10.2 Å². The summed E-state index contributed by atoms with van der Waals surface area (Å²) in [6.45, 7) is 0.650. The highest BCUT2D eigenvalue weighted by Gasteiger charge is 1.93. The Morgan fingerprint density at radius 3 is 3.00 bits per heavy atom. The number of benzene rings is 1. The van der Waals surface area contributed by atoms with E-state index in [0.717, 1.165) is 16.0 Å². The van der Waals surface area contributed by atoms with Crippen molar-refractivity contribution >= 4 is 27.9 Å². The number of nitrogens with two attached hydrogens (primary N) is 1. The molecule has 1 aromatic carbocycles. The van der Waals surface area contributed by atoms with Crippen molar-refractivity contribution in [3.05, 3.63) is 28.7 Å². The van der Waals surface area contributed by atoms with Crippen molar-refractivity contribution in [2.24, 2.45) is 5.14 Å². The quantitative estimate of drug-likeness (QED) is 0.656. The molecule has 2 nitrogen and oxygen atoms in total. The van der Waals surface area contributed by atoms with Crippen LogP contribution in [0.15, 0.2) is 28.7 Å². The van der Waals surface area contributed by atoms with Crippen LogP contribution in [0.2, 0.25) is 0 Å². The monoisotopic (exact) mass is 247 g/mol. The molecule has 0 aliphatic rings. The molecule has 1 aromatic rings. The molecule has 0 saturated carbocycles. The predicted octanol–water partition coefficient (Wildman–Crippen LogP) is 2.43. The maximum Gasteiger partial charge on any atom is 0.120 e. The molecule has 0 aliphatic carbocycles. The van der Waals surface area contributed by atoms with Crippen LogP contribution < -0.4 is 9.88 Å². The molecule has 0 heterocycles. The first-order chi connectivity index (χ1) is 5.83. The third-order valence-corrected chi connectivity index (χ3v) is 2.16. The largest absolute Gasteiger partial charge is 0.493 e. The molecule has 1 rings (SSSR count). The molecule has 0 unspecified atom stereocenters. The summed E-state index contributed by atoms with van der Waals surface area (Å²) in [5.41, 5.74) is 0. The van der Waals surface area contributed by atoms with Crippen LogP contribution in [0.4, 0.5) is 0 Å². The van der Waals surface area contributed by atoms with Gasteiger partial charge in [0.05, 0.1) is 6.61 Å². The highest BCUT2D eigenvalue weighted by atomic mass is 79.9. The van der Waals surface area contributed by atoms with Gasteiger partial charge in [-0.05, 0) is 18.2 Å². The Kier molecular flexibility index (Phi) is 4.50. The molecule has 0 aliphatic heterocycles. The molecular weight excluding hydrogens is 238 g/mol. The summed E-state index contributed by atoms with van der Waals surface area (Å²) < 4.78 is 6.42. The molecular formula is C8H10BrNOS. The fourth-order valence-corrected chi connectivity index (χ4v) is 1.32. The normalized spacial score (nSPS) is 9.83. The van der Waals surface area contributed by atoms with E-state index in [0.29, 0.717) is 6.61 Å². The van der Waals surface area contributed by atoms with Crippen LogP contribution in [-0.4, -0.2) is 12.4 Å². The van der Waals surface area contributed by atoms with E-state index in [9.17, 15) is 0 Å². The summed E-state index contributed by atoms with van der Waals surface area (Å²) in [5, 5.41) is 5.25. The zero-order valence-corrected chi connectivity index (χ0v) is 8.90. The molecule has 0 saturated heterocycles. The third-order valence-electron chi connectivity index (χ3n) is 1.27. The van der Waals surface area contributed by atoms with Gasteiger partial charge in [0.25, 0.3) is 0 Å². The SMILES string of the molecule is NSCCOc1cccc(Br)c1. The zero-order valence-electron chi connectivity index (χ0n) is 6.50.